The van der Waals surface area contributed by atoms with E-state index in [-0.39, 0.29) is 0 Å². The molecule has 0 aromatic carbocycles. The van der Waals surface area contributed by atoms with Gasteiger partial charge in [-0.25, -0.2) is 0 Å². The van der Waals surface area contributed by atoms with E-state index in [2.05, 4.69) is 55.9 Å². The van der Waals surface area contributed by atoms with E-state index in [1.54, 1.807) is 0 Å². The number of hydrogen-bond acceptors (Lipinski definition) is 2. The molecule has 1 N–H and O–H groups in total. The zero-order valence-corrected chi connectivity index (χ0v) is 12.0. The van der Waals surface area contributed by atoms with Crippen molar-refractivity contribution in [1.29, 1.82) is 0 Å². The van der Waals surface area contributed by atoms with Crippen molar-refractivity contribution < 1.29 is 0 Å². The fourth-order valence-electron chi connectivity index (χ4n) is 1.73. The molecule has 1 aromatic rings. The molecule has 0 aliphatic carbocycles. The molecule has 0 aliphatic heterocycles. The van der Waals surface area contributed by atoms with Gasteiger partial charge in [-0.3, -0.25) is 4.68 Å². The molecule has 3 nitrogen and oxygen atoms in total. The van der Waals surface area contributed by atoms with E-state index in [0.29, 0.717) is 5.92 Å². The second kappa shape index (κ2) is 6.80. The van der Waals surface area contributed by atoms with Gasteiger partial charge in [0.1, 0.15) is 0 Å². The molecule has 0 radical (unpaired) electrons. The Labute approximate surface area is 106 Å². The lowest BCUT2D eigenvalue weighted by molar-refractivity contribution is 0.485. The van der Waals surface area contributed by atoms with Gasteiger partial charge in [-0.05, 0) is 31.7 Å². The highest BCUT2D eigenvalue weighted by molar-refractivity contribution is 5.14. The highest BCUT2D eigenvalue weighted by Crippen LogP contribution is 2.08. The normalized spacial score (nSPS) is 11.7. The fraction of sp³-hybridized carbons (Fsp3) is 0.786. The smallest absolute Gasteiger partial charge is 0.0638 e. The van der Waals surface area contributed by atoms with Crippen LogP contribution in [-0.2, 0) is 13.1 Å². The maximum atomic E-state index is 4.56. The Balaban J connectivity index is 2.44. The summed E-state index contributed by atoms with van der Waals surface area (Å²) in [5, 5.41) is 8.02. The third-order valence-corrected chi connectivity index (χ3v) is 2.85. The van der Waals surface area contributed by atoms with Gasteiger partial charge in [0.25, 0.3) is 0 Å². The second-order valence-corrected chi connectivity index (χ2v) is 5.71. The Kier molecular flexibility index (Phi) is 5.69. The molecule has 0 atom stereocenters. The average molecular weight is 237 g/mol. The lowest BCUT2D eigenvalue weighted by atomic mass is 10.1. The Hall–Kier alpha value is -0.830. The van der Waals surface area contributed by atoms with E-state index in [1.807, 2.05) is 0 Å². The van der Waals surface area contributed by atoms with Crippen LogP contribution < -0.4 is 5.32 Å². The van der Waals surface area contributed by atoms with Gasteiger partial charge in [-0.15, -0.1) is 0 Å². The van der Waals surface area contributed by atoms with E-state index in [9.17, 15) is 0 Å². The van der Waals surface area contributed by atoms with E-state index in [4.69, 9.17) is 0 Å². The maximum absolute atomic E-state index is 4.56. The minimum atomic E-state index is 0.700. The summed E-state index contributed by atoms with van der Waals surface area (Å²) < 4.78 is 2.09. The van der Waals surface area contributed by atoms with Crippen molar-refractivity contribution in [3.63, 3.8) is 0 Å². The molecule has 0 amide bonds. The van der Waals surface area contributed by atoms with Gasteiger partial charge in [0.05, 0.1) is 5.69 Å². The average Bonchev–Trinajstić information content (AvgIpc) is 2.56. The molecule has 0 fully saturated rings. The standard InChI is InChI=1S/C14H27N3/c1-11(2)6-7-17-10-14(13(5)16-17)9-15-8-12(3)4/h10-12,15H,6-9H2,1-5H3. The highest BCUT2D eigenvalue weighted by Gasteiger charge is 2.05. The van der Waals surface area contributed by atoms with E-state index in [0.717, 1.165) is 31.2 Å². The summed E-state index contributed by atoms with van der Waals surface area (Å²) in [6.45, 7) is 14.1. The van der Waals surface area contributed by atoms with Crippen molar-refractivity contribution in [2.45, 2.75) is 54.1 Å². The van der Waals surface area contributed by atoms with E-state index in [1.165, 1.54) is 12.0 Å². The maximum Gasteiger partial charge on any atom is 0.0638 e. The topological polar surface area (TPSA) is 29.9 Å². The van der Waals surface area contributed by atoms with Crippen LogP contribution in [0.3, 0.4) is 0 Å². The monoisotopic (exact) mass is 237 g/mol. The van der Waals surface area contributed by atoms with Crippen molar-refractivity contribution in [2.75, 3.05) is 6.54 Å². The van der Waals surface area contributed by atoms with Crippen LogP contribution in [0.5, 0.6) is 0 Å². The first-order valence-corrected chi connectivity index (χ1v) is 6.72. The number of rotatable bonds is 7. The Morgan fingerprint density at radius 1 is 1.24 bits per heavy atom. The first kappa shape index (κ1) is 14.2. The summed E-state index contributed by atoms with van der Waals surface area (Å²) in [7, 11) is 0. The van der Waals surface area contributed by atoms with Crippen LogP contribution in [0.1, 0.15) is 45.4 Å². The molecule has 1 rings (SSSR count). The Morgan fingerprint density at radius 3 is 2.53 bits per heavy atom. The summed E-state index contributed by atoms with van der Waals surface area (Å²) in [6.07, 6.45) is 3.38. The van der Waals surface area contributed by atoms with Gasteiger partial charge in [0, 0.05) is 24.8 Å². The molecular weight excluding hydrogens is 210 g/mol. The first-order chi connectivity index (χ1) is 7.99. The van der Waals surface area contributed by atoms with Crippen LogP contribution in [0.4, 0.5) is 0 Å². The summed E-state index contributed by atoms with van der Waals surface area (Å²) in [5.41, 5.74) is 2.49. The molecule has 0 saturated carbocycles. The van der Waals surface area contributed by atoms with Crippen molar-refractivity contribution in [3.05, 3.63) is 17.5 Å². The lowest BCUT2D eigenvalue weighted by Gasteiger charge is -2.06. The van der Waals surface area contributed by atoms with Crippen LogP contribution in [0, 0.1) is 18.8 Å². The largest absolute Gasteiger partial charge is 0.312 e. The summed E-state index contributed by atoms with van der Waals surface area (Å²) in [4.78, 5) is 0. The Bertz CT molecular complexity index is 326. The molecule has 0 spiro atoms. The summed E-state index contributed by atoms with van der Waals surface area (Å²) in [6, 6.07) is 0. The molecule has 0 aliphatic rings. The fourth-order valence-corrected chi connectivity index (χ4v) is 1.73. The van der Waals surface area contributed by atoms with Crippen molar-refractivity contribution in [3.8, 4) is 0 Å². The third-order valence-electron chi connectivity index (χ3n) is 2.85. The van der Waals surface area contributed by atoms with Gasteiger partial charge >= 0.3 is 0 Å². The predicted octanol–water partition coefficient (Wildman–Crippen LogP) is 2.98. The van der Waals surface area contributed by atoms with Crippen LogP contribution in [0.25, 0.3) is 0 Å². The van der Waals surface area contributed by atoms with Crippen molar-refractivity contribution in [1.82, 2.24) is 15.1 Å². The molecule has 0 bridgehead atoms. The van der Waals surface area contributed by atoms with Crippen LogP contribution in [0.2, 0.25) is 0 Å². The van der Waals surface area contributed by atoms with Crippen molar-refractivity contribution in [2.24, 2.45) is 11.8 Å². The summed E-state index contributed by atoms with van der Waals surface area (Å²) in [5.74, 6) is 1.44. The molecule has 98 valence electrons. The van der Waals surface area contributed by atoms with Crippen LogP contribution in [0.15, 0.2) is 6.20 Å². The van der Waals surface area contributed by atoms with Gasteiger partial charge < -0.3 is 5.32 Å². The lowest BCUT2D eigenvalue weighted by Crippen LogP contribution is -2.19. The van der Waals surface area contributed by atoms with E-state index < -0.39 is 0 Å². The third kappa shape index (κ3) is 5.35. The number of aromatic nitrogens is 2. The van der Waals surface area contributed by atoms with Crippen LogP contribution >= 0.6 is 0 Å². The molecule has 1 heterocycles. The molecule has 0 saturated heterocycles. The molecule has 3 heteroatoms. The first-order valence-electron chi connectivity index (χ1n) is 6.72. The van der Waals surface area contributed by atoms with Gasteiger partial charge in [-0.2, -0.15) is 5.10 Å². The SMILES string of the molecule is Cc1nn(CCC(C)C)cc1CNCC(C)C. The molecule has 17 heavy (non-hydrogen) atoms. The number of hydrogen-bond donors (Lipinski definition) is 1. The highest BCUT2D eigenvalue weighted by atomic mass is 15.3. The molecular formula is C14H27N3. The number of aryl methyl sites for hydroxylation is 2. The van der Waals surface area contributed by atoms with Crippen molar-refractivity contribution >= 4 is 0 Å². The Morgan fingerprint density at radius 2 is 1.94 bits per heavy atom. The molecule has 0 unspecified atom stereocenters. The minimum Gasteiger partial charge on any atom is -0.312 e. The quantitative estimate of drug-likeness (QED) is 0.790. The van der Waals surface area contributed by atoms with Gasteiger partial charge in [0.15, 0.2) is 0 Å². The number of nitrogens with one attached hydrogen (secondary N) is 1. The minimum absolute atomic E-state index is 0.700. The summed E-state index contributed by atoms with van der Waals surface area (Å²) >= 11 is 0. The predicted molar refractivity (Wildman–Crippen MR) is 73.0 cm³/mol. The van der Waals surface area contributed by atoms with Crippen LogP contribution in [-0.4, -0.2) is 16.3 Å². The second-order valence-electron chi connectivity index (χ2n) is 5.71. The van der Waals surface area contributed by atoms with Gasteiger partial charge in [-0.1, -0.05) is 27.7 Å². The zero-order chi connectivity index (χ0) is 12.8. The van der Waals surface area contributed by atoms with Gasteiger partial charge in [0.2, 0.25) is 0 Å². The number of nitrogens with zero attached hydrogens (tertiary/aromatic N) is 2. The molecule has 1 aromatic heterocycles. The zero-order valence-electron chi connectivity index (χ0n) is 12.0. The van der Waals surface area contributed by atoms with E-state index >= 15 is 0 Å².